The zero-order valence-corrected chi connectivity index (χ0v) is 9.36. The molecule has 0 saturated heterocycles. The number of furan rings is 1. The number of nitrogens with one attached hydrogen (secondary N) is 1. The van der Waals surface area contributed by atoms with Crippen LogP contribution in [0.1, 0.15) is 29.0 Å². The van der Waals surface area contributed by atoms with Crippen LogP contribution in [0.2, 0.25) is 0 Å². The molecule has 1 heterocycles. The van der Waals surface area contributed by atoms with Gasteiger partial charge < -0.3 is 19.6 Å². The Hall–Kier alpha value is -1.33. The third-order valence-electron chi connectivity index (χ3n) is 2.15. The lowest BCUT2D eigenvalue weighted by Gasteiger charge is -2.01. The maximum Gasteiger partial charge on any atom is 0.338 e. The van der Waals surface area contributed by atoms with Gasteiger partial charge in [0.25, 0.3) is 0 Å². The first-order valence-corrected chi connectivity index (χ1v) is 5.24. The molecule has 2 N–H and O–H groups in total. The van der Waals surface area contributed by atoms with Crippen LogP contribution >= 0.6 is 0 Å². The monoisotopic (exact) mass is 227 g/mol. The fourth-order valence-corrected chi connectivity index (χ4v) is 1.29. The van der Waals surface area contributed by atoms with Crippen molar-refractivity contribution in [3.63, 3.8) is 0 Å². The van der Waals surface area contributed by atoms with Gasteiger partial charge in [0.2, 0.25) is 0 Å². The highest BCUT2D eigenvalue weighted by Crippen LogP contribution is 2.07. The van der Waals surface area contributed by atoms with E-state index in [2.05, 4.69) is 5.32 Å². The lowest BCUT2D eigenvalue weighted by Crippen LogP contribution is -2.14. The highest BCUT2D eigenvalue weighted by atomic mass is 16.5. The van der Waals surface area contributed by atoms with E-state index in [4.69, 9.17) is 14.3 Å². The summed E-state index contributed by atoms with van der Waals surface area (Å²) in [5.41, 5.74) is 0.191. The summed E-state index contributed by atoms with van der Waals surface area (Å²) in [6.07, 6.45) is 3.30. The van der Waals surface area contributed by atoms with Crippen molar-refractivity contribution >= 4 is 5.97 Å². The van der Waals surface area contributed by atoms with Crippen LogP contribution in [0.25, 0.3) is 0 Å². The highest BCUT2D eigenvalue weighted by molar-refractivity contribution is 5.87. The smallest absolute Gasteiger partial charge is 0.338 e. The molecule has 5 nitrogen and oxygen atoms in total. The molecule has 0 radical (unpaired) electrons. The highest BCUT2D eigenvalue weighted by Gasteiger charge is 2.07. The SMILES string of the molecule is COCCCCNCc1cc(C(=O)O)co1. The summed E-state index contributed by atoms with van der Waals surface area (Å²) in [6, 6.07) is 1.53. The fraction of sp³-hybridized carbons (Fsp3) is 0.545. The van der Waals surface area contributed by atoms with Crippen LogP contribution in [-0.2, 0) is 11.3 Å². The molecule has 0 amide bonds. The molecule has 0 spiro atoms. The molecule has 5 heteroatoms. The summed E-state index contributed by atoms with van der Waals surface area (Å²) in [5.74, 6) is -0.320. The second kappa shape index (κ2) is 7.03. The van der Waals surface area contributed by atoms with Gasteiger partial charge in [-0.3, -0.25) is 0 Å². The fourth-order valence-electron chi connectivity index (χ4n) is 1.29. The first kappa shape index (κ1) is 12.7. The number of hydrogen-bond acceptors (Lipinski definition) is 4. The van der Waals surface area contributed by atoms with Crippen molar-refractivity contribution in [2.45, 2.75) is 19.4 Å². The second-order valence-electron chi connectivity index (χ2n) is 3.48. The molecule has 0 aliphatic rings. The van der Waals surface area contributed by atoms with Gasteiger partial charge in [0.15, 0.2) is 0 Å². The Morgan fingerprint density at radius 1 is 1.56 bits per heavy atom. The molecule has 0 bridgehead atoms. The van der Waals surface area contributed by atoms with Crippen molar-refractivity contribution in [3.05, 3.63) is 23.7 Å². The molecule has 1 rings (SSSR count). The molecule has 0 fully saturated rings. The minimum atomic E-state index is -0.963. The molecule has 0 unspecified atom stereocenters. The van der Waals surface area contributed by atoms with Crippen molar-refractivity contribution < 1.29 is 19.1 Å². The van der Waals surface area contributed by atoms with Crippen molar-refractivity contribution in [1.29, 1.82) is 0 Å². The molecular formula is C11H17NO4. The third kappa shape index (κ3) is 4.46. The molecule has 0 saturated carbocycles. The molecule has 0 aliphatic carbocycles. The van der Waals surface area contributed by atoms with Gasteiger partial charge in [-0.1, -0.05) is 0 Å². The van der Waals surface area contributed by atoms with Gasteiger partial charge in [0.1, 0.15) is 12.0 Å². The summed E-state index contributed by atoms with van der Waals surface area (Å²) >= 11 is 0. The Labute approximate surface area is 94.4 Å². The van der Waals surface area contributed by atoms with Gasteiger partial charge >= 0.3 is 5.97 Å². The van der Waals surface area contributed by atoms with Crippen LogP contribution in [0.4, 0.5) is 0 Å². The van der Waals surface area contributed by atoms with Gasteiger partial charge in [0, 0.05) is 13.7 Å². The summed E-state index contributed by atoms with van der Waals surface area (Å²) in [4.78, 5) is 10.6. The third-order valence-corrected chi connectivity index (χ3v) is 2.15. The minimum Gasteiger partial charge on any atom is -0.478 e. The maximum atomic E-state index is 10.6. The zero-order chi connectivity index (χ0) is 11.8. The van der Waals surface area contributed by atoms with E-state index in [1.165, 1.54) is 12.3 Å². The van der Waals surface area contributed by atoms with Crippen LogP contribution < -0.4 is 5.32 Å². The van der Waals surface area contributed by atoms with E-state index in [1.54, 1.807) is 7.11 Å². The van der Waals surface area contributed by atoms with E-state index in [0.29, 0.717) is 12.3 Å². The number of carboxylic acid groups (broad SMARTS) is 1. The van der Waals surface area contributed by atoms with Gasteiger partial charge in [-0.05, 0) is 25.5 Å². The second-order valence-corrected chi connectivity index (χ2v) is 3.48. The van der Waals surface area contributed by atoms with Crippen molar-refractivity contribution in [1.82, 2.24) is 5.32 Å². The average molecular weight is 227 g/mol. The quantitative estimate of drug-likeness (QED) is 0.658. The summed E-state index contributed by atoms with van der Waals surface area (Å²) in [7, 11) is 1.68. The zero-order valence-electron chi connectivity index (χ0n) is 9.36. The first-order valence-electron chi connectivity index (χ1n) is 5.24. The Bertz CT molecular complexity index is 322. The molecule has 90 valence electrons. The predicted octanol–water partition coefficient (Wildman–Crippen LogP) is 1.49. The standard InChI is InChI=1S/C11H17NO4/c1-15-5-3-2-4-12-7-10-6-9(8-16-10)11(13)14/h6,8,12H,2-5,7H2,1H3,(H,13,14). The number of carbonyl (C=O) groups is 1. The Morgan fingerprint density at radius 3 is 3.00 bits per heavy atom. The van der Waals surface area contributed by atoms with Gasteiger partial charge in [-0.2, -0.15) is 0 Å². The number of hydrogen-bond donors (Lipinski definition) is 2. The van der Waals surface area contributed by atoms with E-state index in [0.717, 1.165) is 26.0 Å². The predicted molar refractivity (Wildman–Crippen MR) is 58.5 cm³/mol. The summed E-state index contributed by atoms with van der Waals surface area (Å²) in [5, 5.41) is 11.8. The maximum absolute atomic E-state index is 10.6. The molecule has 0 aliphatic heterocycles. The average Bonchev–Trinajstić information content (AvgIpc) is 2.72. The number of methoxy groups -OCH3 is 1. The molecule has 1 aromatic heterocycles. The van der Waals surface area contributed by atoms with Crippen molar-refractivity contribution in [3.8, 4) is 0 Å². The van der Waals surface area contributed by atoms with E-state index in [1.807, 2.05) is 0 Å². The molecular weight excluding hydrogens is 210 g/mol. The first-order chi connectivity index (χ1) is 7.74. The van der Waals surface area contributed by atoms with Crippen LogP contribution in [0, 0.1) is 0 Å². The van der Waals surface area contributed by atoms with Gasteiger partial charge in [-0.15, -0.1) is 0 Å². The normalized spacial score (nSPS) is 10.6. The van der Waals surface area contributed by atoms with E-state index < -0.39 is 5.97 Å². The number of aromatic carboxylic acids is 1. The van der Waals surface area contributed by atoms with Crippen LogP contribution in [0.5, 0.6) is 0 Å². The number of ether oxygens (including phenoxy) is 1. The van der Waals surface area contributed by atoms with Crippen molar-refractivity contribution in [2.75, 3.05) is 20.3 Å². The Morgan fingerprint density at radius 2 is 2.38 bits per heavy atom. The number of rotatable bonds is 8. The van der Waals surface area contributed by atoms with Crippen LogP contribution in [0.15, 0.2) is 16.7 Å². The summed E-state index contributed by atoms with van der Waals surface area (Å²) in [6.45, 7) is 2.19. The number of unbranched alkanes of at least 4 members (excludes halogenated alkanes) is 1. The Kier molecular flexibility index (Phi) is 5.60. The van der Waals surface area contributed by atoms with Crippen LogP contribution in [-0.4, -0.2) is 31.3 Å². The lowest BCUT2D eigenvalue weighted by molar-refractivity contribution is 0.0696. The minimum absolute atomic E-state index is 0.191. The summed E-state index contributed by atoms with van der Waals surface area (Å²) < 4.78 is 10.0. The molecule has 16 heavy (non-hydrogen) atoms. The van der Waals surface area contributed by atoms with E-state index >= 15 is 0 Å². The molecule has 0 aromatic carbocycles. The Balaban J connectivity index is 2.14. The topological polar surface area (TPSA) is 71.7 Å². The van der Waals surface area contributed by atoms with Crippen molar-refractivity contribution in [2.24, 2.45) is 0 Å². The van der Waals surface area contributed by atoms with E-state index in [9.17, 15) is 4.79 Å². The molecule has 1 aromatic rings. The number of carboxylic acids is 1. The lowest BCUT2D eigenvalue weighted by atomic mass is 10.3. The van der Waals surface area contributed by atoms with Gasteiger partial charge in [-0.25, -0.2) is 4.79 Å². The molecule has 0 atom stereocenters. The van der Waals surface area contributed by atoms with Gasteiger partial charge in [0.05, 0.1) is 12.1 Å². The van der Waals surface area contributed by atoms with Crippen LogP contribution in [0.3, 0.4) is 0 Å². The largest absolute Gasteiger partial charge is 0.478 e. The van der Waals surface area contributed by atoms with E-state index in [-0.39, 0.29) is 5.56 Å².